The summed E-state index contributed by atoms with van der Waals surface area (Å²) in [5, 5.41) is 3.38. The van der Waals surface area contributed by atoms with E-state index in [2.05, 4.69) is 5.32 Å². The molecule has 1 spiro atoms. The molecule has 3 fully saturated rings. The number of anilines is 2. The van der Waals surface area contributed by atoms with Crippen molar-refractivity contribution in [2.75, 3.05) is 16.8 Å². The van der Waals surface area contributed by atoms with Crippen LogP contribution in [0.3, 0.4) is 0 Å². The molecule has 152 valence electrons. The zero-order valence-electron chi connectivity index (χ0n) is 15.8. The summed E-state index contributed by atoms with van der Waals surface area (Å²) in [7, 11) is 0. The van der Waals surface area contributed by atoms with E-state index >= 15 is 0 Å². The summed E-state index contributed by atoms with van der Waals surface area (Å²) in [6.45, 7) is 0.633. The summed E-state index contributed by atoms with van der Waals surface area (Å²) in [5.74, 6) is -2.96. The van der Waals surface area contributed by atoms with E-state index in [0.29, 0.717) is 28.5 Å². The number of nitrogens with one attached hydrogen (secondary N) is 1. The van der Waals surface area contributed by atoms with Gasteiger partial charge in [0.15, 0.2) is 0 Å². The van der Waals surface area contributed by atoms with Gasteiger partial charge in [-0.05, 0) is 61.9 Å². The van der Waals surface area contributed by atoms with Crippen molar-refractivity contribution in [3.05, 3.63) is 58.9 Å². The van der Waals surface area contributed by atoms with Crippen LogP contribution in [0.4, 0.5) is 15.8 Å². The standard InChI is InChI=1S/C22H17ClFN3O3/c23-11-3-8-15-14(10-11)22(21(30)25-15)18-17(16-2-1-9-26(16)22)19(28)27(20(18)29)13-6-4-12(24)5-7-13/h3-8,10,16-18H,1-2,9H2,(H,25,30)/t16-,17+,18+,22-/m1/s1. The van der Waals surface area contributed by atoms with Gasteiger partial charge in [-0.2, -0.15) is 0 Å². The van der Waals surface area contributed by atoms with E-state index in [1.807, 2.05) is 4.90 Å². The molecular weight excluding hydrogens is 409 g/mol. The zero-order chi connectivity index (χ0) is 20.8. The molecule has 0 bridgehead atoms. The number of hydrogen-bond acceptors (Lipinski definition) is 4. The molecule has 6 rings (SSSR count). The van der Waals surface area contributed by atoms with Crippen LogP contribution in [-0.4, -0.2) is 35.2 Å². The van der Waals surface area contributed by atoms with E-state index in [0.717, 1.165) is 17.7 Å². The Balaban J connectivity index is 1.56. The predicted molar refractivity (Wildman–Crippen MR) is 107 cm³/mol. The van der Waals surface area contributed by atoms with Crippen molar-refractivity contribution in [1.82, 2.24) is 4.90 Å². The summed E-state index contributed by atoms with van der Waals surface area (Å²) >= 11 is 6.27. The van der Waals surface area contributed by atoms with Gasteiger partial charge in [0, 0.05) is 22.3 Å². The maximum absolute atomic E-state index is 13.7. The van der Waals surface area contributed by atoms with Gasteiger partial charge in [-0.3, -0.25) is 19.3 Å². The normalized spacial score (nSPS) is 32.0. The van der Waals surface area contributed by atoms with Crippen molar-refractivity contribution < 1.29 is 18.8 Å². The van der Waals surface area contributed by atoms with E-state index in [1.54, 1.807) is 18.2 Å². The molecule has 0 aromatic heterocycles. The number of halogens is 2. The minimum absolute atomic E-state index is 0.201. The van der Waals surface area contributed by atoms with Gasteiger partial charge in [0.2, 0.25) is 17.7 Å². The van der Waals surface area contributed by atoms with Crippen LogP contribution in [0.1, 0.15) is 18.4 Å². The lowest BCUT2D eigenvalue weighted by Gasteiger charge is -2.36. The smallest absolute Gasteiger partial charge is 0.250 e. The second kappa shape index (κ2) is 5.89. The Morgan fingerprint density at radius 3 is 2.60 bits per heavy atom. The Morgan fingerprint density at radius 2 is 1.83 bits per heavy atom. The van der Waals surface area contributed by atoms with Crippen LogP contribution in [-0.2, 0) is 19.9 Å². The fourth-order valence-electron chi connectivity index (χ4n) is 6.02. The summed E-state index contributed by atoms with van der Waals surface area (Å²) in [4.78, 5) is 43.8. The minimum atomic E-state index is -1.26. The SMILES string of the molecule is O=C1[C@H]2[C@H]3CCCN3[C@@]3(C(=O)Nc4ccc(Cl)cc43)[C@@H]2C(=O)N1c1ccc(F)cc1. The molecule has 0 saturated carbocycles. The van der Waals surface area contributed by atoms with Crippen LogP contribution >= 0.6 is 11.6 Å². The number of imide groups is 1. The molecule has 8 heteroatoms. The lowest BCUT2D eigenvalue weighted by atomic mass is 9.75. The van der Waals surface area contributed by atoms with Crippen LogP contribution in [0, 0.1) is 17.7 Å². The van der Waals surface area contributed by atoms with Crippen molar-refractivity contribution in [1.29, 1.82) is 0 Å². The molecule has 2 aromatic carbocycles. The second-order valence-electron chi connectivity index (χ2n) is 8.31. The van der Waals surface area contributed by atoms with Crippen LogP contribution in [0.5, 0.6) is 0 Å². The molecule has 30 heavy (non-hydrogen) atoms. The number of hydrogen-bond donors (Lipinski definition) is 1. The highest BCUT2D eigenvalue weighted by Gasteiger charge is 2.74. The first-order valence-corrected chi connectivity index (χ1v) is 10.3. The summed E-state index contributed by atoms with van der Waals surface area (Å²) in [6.07, 6.45) is 1.58. The average Bonchev–Trinajstić information content (AvgIpc) is 3.42. The summed E-state index contributed by atoms with van der Waals surface area (Å²) < 4.78 is 13.4. The van der Waals surface area contributed by atoms with E-state index < -0.39 is 29.1 Å². The number of fused-ring (bicyclic) bond motifs is 7. The molecule has 2 aromatic rings. The number of amides is 3. The Hall–Kier alpha value is -2.77. The monoisotopic (exact) mass is 425 g/mol. The second-order valence-corrected chi connectivity index (χ2v) is 8.74. The summed E-state index contributed by atoms with van der Waals surface area (Å²) in [6, 6.07) is 10.2. The molecule has 0 aliphatic carbocycles. The van der Waals surface area contributed by atoms with Crippen molar-refractivity contribution in [3.8, 4) is 0 Å². The lowest BCUT2D eigenvalue weighted by molar-refractivity contribution is -0.135. The maximum Gasteiger partial charge on any atom is 0.250 e. The highest BCUT2D eigenvalue weighted by atomic mass is 35.5. The molecule has 6 nitrogen and oxygen atoms in total. The molecular formula is C22H17ClFN3O3. The Morgan fingerprint density at radius 1 is 1.07 bits per heavy atom. The first-order valence-electron chi connectivity index (χ1n) is 9.96. The molecule has 4 aliphatic rings. The third kappa shape index (κ3) is 1.99. The zero-order valence-corrected chi connectivity index (χ0v) is 16.5. The molecule has 1 N–H and O–H groups in total. The van der Waals surface area contributed by atoms with Gasteiger partial charge in [0.25, 0.3) is 0 Å². The largest absolute Gasteiger partial charge is 0.324 e. The highest BCUT2D eigenvalue weighted by Crippen LogP contribution is 2.60. The molecule has 0 radical (unpaired) electrons. The number of benzene rings is 2. The van der Waals surface area contributed by atoms with E-state index in [1.165, 1.54) is 24.3 Å². The number of rotatable bonds is 1. The van der Waals surface area contributed by atoms with E-state index in [4.69, 9.17) is 11.6 Å². The van der Waals surface area contributed by atoms with Crippen molar-refractivity contribution in [3.63, 3.8) is 0 Å². The van der Waals surface area contributed by atoms with Crippen LogP contribution < -0.4 is 10.2 Å². The minimum Gasteiger partial charge on any atom is -0.324 e. The summed E-state index contributed by atoms with van der Waals surface area (Å²) in [5.41, 5.74) is 0.344. The van der Waals surface area contributed by atoms with Gasteiger partial charge in [0.1, 0.15) is 11.4 Å². The van der Waals surface area contributed by atoms with E-state index in [9.17, 15) is 18.8 Å². The third-order valence-electron chi connectivity index (χ3n) is 7.04. The molecule has 4 heterocycles. The maximum atomic E-state index is 13.7. The molecule has 3 amide bonds. The molecule has 4 aliphatic heterocycles. The van der Waals surface area contributed by atoms with Gasteiger partial charge in [0.05, 0.1) is 17.5 Å². The average molecular weight is 426 g/mol. The van der Waals surface area contributed by atoms with Crippen molar-refractivity contribution in [2.24, 2.45) is 11.8 Å². The molecule has 0 unspecified atom stereocenters. The van der Waals surface area contributed by atoms with Crippen LogP contribution in [0.2, 0.25) is 5.02 Å². The van der Waals surface area contributed by atoms with Gasteiger partial charge >= 0.3 is 0 Å². The van der Waals surface area contributed by atoms with Gasteiger partial charge in [-0.15, -0.1) is 0 Å². The quantitative estimate of drug-likeness (QED) is 0.713. The fraction of sp³-hybridized carbons (Fsp3) is 0.318. The number of carbonyl (C=O) groups is 3. The molecule has 3 saturated heterocycles. The first kappa shape index (κ1) is 18.0. The van der Waals surface area contributed by atoms with Gasteiger partial charge < -0.3 is 5.32 Å². The number of carbonyl (C=O) groups excluding carboxylic acids is 3. The lowest BCUT2D eigenvalue weighted by Crippen LogP contribution is -2.54. The third-order valence-corrected chi connectivity index (χ3v) is 7.27. The Bertz CT molecular complexity index is 1140. The first-order chi connectivity index (χ1) is 14.4. The van der Waals surface area contributed by atoms with Crippen LogP contribution in [0.15, 0.2) is 42.5 Å². The molecule has 4 atom stereocenters. The predicted octanol–water partition coefficient (Wildman–Crippen LogP) is 2.91. The van der Waals surface area contributed by atoms with Crippen LogP contribution in [0.25, 0.3) is 0 Å². The van der Waals surface area contributed by atoms with Crippen molar-refractivity contribution in [2.45, 2.75) is 24.4 Å². The Kier molecular flexibility index (Phi) is 3.54. The number of nitrogens with zero attached hydrogens (tertiary/aromatic N) is 2. The van der Waals surface area contributed by atoms with Gasteiger partial charge in [-0.25, -0.2) is 9.29 Å². The highest BCUT2D eigenvalue weighted by molar-refractivity contribution is 6.31. The van der Waals surface area contributed by atoms with Gasteiger partial charge in [-0.1, -0.05) is 11.6 Å². The van der Waals surface area contributed by atoms with Crippen molar-refractivity contribution >= 4 is 40.7 Å². The van der Waals surface area contributed by atoms with E-state index in [-0.39, 0.29) is 17.9 Å². The topological polar surface area (TPSA) is 69.7 Å². The fourth-order valence-corrected chi connectivity index (χ4v) is 6.19. The Labute approximate surface area is 176 Å².